The molecule has 1 aromatic heterocycles. The van der Waals surface area contributed by atoms with Gasteiger partial charge in [0.25, 0.3) is 0 Å². The van der Waals surface area contributed by atoms with Crippen LogP contribution in [0, 0.1) is 5.82 Å². The van der Waals surface area contributed by atoms with Crippen molar-refractivity contribution in [2.75, 3.05) is 0 Å². The van der Waals surface area contributed by atoms with Gasteiger partial charge in [-0.25, -0.2) is 4.39 Å². The lowest BCUT2D eigenvalue weighted by Crippen LogP contribution is -2.19. The van der Waals surface area contributed by atoms with Crippen LogP contribution < -0.4 is 4.74 Å². The first-order valence-corrected chi connectivity index (χ1v) is 7.76. The molecule has 0 saturated heterocycles. The normalized spacial score (nSPS) is 18.3. The van der Waals surface area contributed by atoms with E-state index in [0.717, 1.165) is 4.88 Å². The molecule has 0 amide bonds. The van der Waals surface area contributed by atoms with Crippen LogP contribution in [0.1, 0.15) is 53.4 Å². The fraction of sp³-hybridized carbons (Fsp3) is 0.353. The highest BCUT2D eigenvalue weighted by Gasteiger charge is 2.29. The second kappa shape index (κ2) is 4.95. The highest BCUT2D eigenvalue weighted by atomic mass is 32.1. The summed E-state index contributed by atoms with van der Waals surface area (Å²) in [5, 5.41) is 0. The molecule has 0 saturated carbocycles. The van der Waals surface area contributed by atoms with Gasteiger partial charge in [-0.2, -0.15) is 0 Å². The number of ketones is 1. The van der Waals surface area contributed by atoms with Gasteiger partial charge in [0.1, 0.15) is 17.7 Å². The Balaban J connectivity index is 1.91. The maximum Gasteiger partial charge on any atom is 0.170 e. The molecule has 1 aliphatic heterocycles. The van der Waals surface area contributed by atoms with Crippen molar-refractivity contribution in [2.45, 2.75) is 38.7 Å². The fourth-order valence-electron chi connectivity index (χ4n) is 2.38. The van der Waals surface area contributed by atoms with E-state index in [-0.39, 0.29) is 23.7 Å². The Labute approximate surface area is 127 Å². The number of thiophene rings is 1. The minimum atomic E-state index is -0.407. The monoisotopic (exact) mass is 304 g/mol. The van der Waals surface area contributed by atoms with Crippen LogP contribution >= 0.6 is 11.3 Å². The standard InChI is InChI=1S/C17H17FO2S/c1-17(2,3)16-7-6-15(21-16)14-9-12(19)11-8-10(18)4-5-13(11)20-14/h4-8,14H,9H2,1-3H3. The van der Waals surface area contributed by atoms with Gasteiger partial charge in [-0.15, -0.1) is 11.3 Å². The van der Waals surface area contributed by atoms with Crippen molar-refractivity contribution in [1.29, 1.82) is 0 Å². The van der Waals surface area contributed by atoms with Crippen LogP contribution in [0.4, 0.5) is 4.39 Å². The molecule has 2 nitrogen and oxygen atoms in total. The molecule has 0 N–H and O–H groups in total. The SMILES string of the molecule is CC(C)(C)c1ccc(C2CC(=O)c3cc(F)ccc3O2)s1. The number of benzene rings is 1. The number of carbonyl (C=O) groups is 1. The molecule has 110 valence electrons. The Kier molecular flexibility index (Phi) is 3.36. The topological polar surface area (TPSA) is 26.3 Å². The maximum absolute atomic E-state index is 13.2. The van der Waals surface area contributed by atoms with E-state index >= 15 is 0 Å². The van der Waals surface area contributed by atoms with Gasteiger partial charge in [0, 0.05) is 9.75 Å². The number of hydrogen-bond acceptors (Lipinski definition) is 3. The average molecular weight is 304 g/mol. The zero-order valence-corrected chi connectivity index (χ0v) is 13.1. The number of hydrogen-bond donors (Lipinski definition) is 0. The van der Waals surface area contributed by atoms with Crippen molar-refractivity contribution in [1.82, 2.24) is 0 Å². The van der Waals surface area contributed by atoms with Gasteiger partial charge in [-0.3, -0.25) is 4.79 Å². The number of carbonyl (C=O) groups excluding carboxylic acids is 1. The summed E-state index contributed by atoms with van der Waals surface area (Å²) in [5.41, 5.74) is 0.432. The Morgan fingerprint density at radius 3 is 2.67 bits per heavy atom. The van der Waals surface area contributed by atoms with Crippen molar-refractivity contribution < 1.29 is 13.9 Å². The summed E-state index contributed by atoms with van der Waals surface area (Å²) in [4.78, 5) is 14.5. The van der Waals surface area contributed by atoms with Gasteiger partial charge in [0.15, 0.2) is 5.78 Å². The molecule has 0 aliphatic carbocycles. The third-order valence-electron chi connectivity index (χ3n) is 3.57. The zero-order chi connectivity index (χ0) is 15.2. The molecule has 1 atom stereocenters. The van der Waals surface area contributed by atoms with Crippen LogP contribution in [0.25, 0.3) is 0 Å². The summed E-state index contributed by atoms with van der Waals surface area (Å²) in [6, 6.07) is 8.23. The van der Waals surface area contributed by atoms with Crippen LogP contribution in [-0.2, 0) is 5.41 Å². The number of ether oxygens (including phenoxy) is 1. The molecule has 2 heterocycles. The van der Waals surface area contributed by atoms with E-state index in [0.29, 0.717) is 11.3 Å². The largest absolute Gasteiger partial charge is 0.484 e. The fourth-order valence-corrected chi connectivity index (χ4v) is 3.48. The Morgan fingerprint density at radius 1 is 1.24 bits per heavy atom. The van der Waals surface area contributed by atoms with Gasteiger partial charge in [-0.1, -0.05) is 20.8 Å². The van der Waals surface area contributed by atoms with E-state index in [1.165, 1.54) is 23.1 Å². The minimum absolute atomic E-state index is 0.0635. The first-order chi connectivity index (χ1) is 9.84. The molecule has 3 rings (SSSR count). The van der Waals surface area contributed by atoms with E-state index in [1.807, 2.05) is 6.07 Å². The number of rotatable bonds is 1. The second-order valence-corrected chi connectivity index (χ2v) is 7.44. The smallest absolute Gasteiger partial charge is 0.170 e. The van der Waals surface area contributed by atoms with Gasteiger partial charge in [-0.05, 0) is 35.7 Å². The van der Waals surface area contributed by atoms with Crippen LogP contribution in [0.3, 0.4) is 0 Å². The Bertz CT molecular complexity index is 697. The van der Waals surface area contributed by atoms with E-state index in [9.17, 15) is 9.18 Å². The van der Waals surface area contributed by atoms with Crippen molar-refractivity contribution in [3.8, 4) is 5.75 Å². The Morgan fingerprint density at radius 2 is 2.00 bits per heavy atom. The van der Waals surface area contributed by atoms with Gasteiger partial charge in [0.2, 0.25) is 0 Å². The molecule has 1 aromatic carbocycles. The molecular weight excluding hydrogens is 287 g/mol. The van der Waals surface area contributed by atoms with E-state index in [4.69, 9.17) is 4.74 Å². The molecule has 0 bridgehead atoms. The lowest BCUT2D eigenvalue weighted by Gasteiger charge is -2.24. The third-order valence-corrected chi connectivity index (χ3v) is 5.17. The van der Waals surface area contributed by atoms with Crippen LogP contribution in [0.15, 0.2) is 30.3 Å². The van der Waals surface area contributed by atoms with E-state index in [2.05, 4.69) is 26.8 Å². The molecule has 1 unspecified atom stereocenters. The highest BCUT2D eigenvalue weighted by Crippen LogP contribution is 2.39. The minimum Gasteiger partial charge on any atom is -0.484 e. The Hall–Kier alpha value is -1.68. The van der Waals surface area contributed by atoms with E-state index in [1.54, 1.807) is 11.3 Å². The number of fused-ring (bicyclic) bond motifs is 1. The summed E-state index contributed by atoms with van der Waals surface area (Å²) in [5.74, 6) is 0.00473. The van der Waals surface area contributed by atoms with Crippen LogP contribution in [0.5, 0.6) is 5.75 Å². The summed E-state index contributed by atoms with van der Waals surface area (Å²) in [6.45, 7) is 6.48. The second-order valence-electron chi connectivity index (χ2n) is 6.33. The third kappa shape index (κ3) is 2.72. The molecular formula is C17H17FO2S. The van der Waals surface area contributed by atoms with Crippen molar-refractivity contribution in [3.05, 3.63) is 51.5 Å². The molecule has 4 heteroatoms. The number of halogens is 1. The maximum atomic E-state index is 13.2. The average Bonchev–Trinajstić information content (AvgIpc) is 2.89. The summed E-state index contributed by atoms with van der Waals surface area (Å²) in [6.07, 6.45) is -0.00264. The molecule has 0 fully saturated rings. The van der Waals surface area contributed by atoms with Crippen molar-refractivity contribution in [3.63, 3.8) is 0 Å². The lowest BCUT2D eigenvalue weighted by atomic mass is 9.95. The predicted octanol–water partition coefficient (Wildman–Crippen LogP) is 4.89. The zero-order valence-electron chi connectivity index (χ0n) is 12.3. The lowest BCUT2D eigenvalue weighted by molar-refractivity contribution is 0.0853. The molecule has 21 heavy (non-hydrogen) atoms. The van der Waals surface area contributed by atoms with Crippen LogP contribution in [0.2, 0.25) is 0 Å². The number of Topliss-reactive ketones (excluding diaryl/α,β-unsaturated/α-hetero) is 1. The van der Waals surface area contributed by atoms with Gasteiger partial charge >= 0.3 is 0 Å². The quantitative estimate of drug-likeness (QED) is 0.749. The first-order valence-electron chi connectivity index (χ1n) is 6.94. The summed E-state index contributed by atoms with van der Waals surface area (Å²) < 4.78 is 19.1. The molecule has 1 aliphatic rings. The van der Waals surface area contributed by atoms with Crippen molar-refractivity contribution >= 4 is 17.1 Å². The highest BCUT2D eigenvalue weighted by molar-refractivity contribution is 7.12. The summed E-state index contributed by atoms with van der Waals surface area (Å²) >= 11 is 1.67. The first kappa shape index (κ1) is 14.3. The van der Waals surface area contributed by atoms with Gasteiger partial charge < -0.3 is 4.74 Å². The summed E-state index contributed by atoms with van der Waals surface area (Å²) in [7, 11) is 0. The molecule has 0 spiro atoms. The van der Waals surface area contributed by atoms with Crippen molar-refractivity contribution in [2.24, 2.45) is 0 Å². The van der Waals surface area contributed by atoms with Gasteiger partial charge in [0.05, 0.1) is 12.0 Å². The molecule has 2 aromatic rings. The van der Waals surface area contributed by atoms with Crippen LogP contribution in [-0.4, -0.2) is 5.78 Å². The predicted molar refractivity (Wildman–Crippen MR) is 81.7 cm³/mol. The van der Waals surface area contributed by atoms with E-state index < -0.39 is 5.82 Å². The molecule has 0 radical (unpaired) electrons.